The molecule has 2 heterocycles. The van der Waals surface area contributed by atoms with Gasteiger partial charge in [0.05, 0.1) is 11.7 Å². The average molecular weight is 385 g/mol. The van der Waals surface area contributed by atoms with Gasteiger partial charge in [-0.15, -0.1) is 11.3 Å². The maximum atomic E-state index is 12.3. The Morgan fingerprint density at radius 3 is 2.63 bits per heavy atom. The zero-order valence-corrected chi connectivity index (χ0v) is 15.7. The van der Waals surface area contributed by atoms with Gasteiger partial charge in [0.2, 0.25) is 5.91 Å². The number of hydrogen-bond acceptors (Lipinski definition) is 5. The summed E-state index contributed by atoms with van der Waals surface area (Å²) in [7, 11) is 0. The van der Waals surface area contributed by atoms with Gasteiger partial charge in [0.15, 0.2) is 6.04 Å². The van der Waals surface area contributed by atoms with Crippen LogP contribution in [0.5, 0.6) is 0 Å². The summed E-state index contributed by atoms with van der Waals surface area (Å²) in [5.74, 6) is -1.58. The van der Waals surface area contributed by atoms with Crippen molar-refractivity contribution in [2.24, 2.45) is 0 Å². The van der Waals surface area contributed by atoms with E-state index in [0.717, 1.165) is 11.1 Å². The lowest BCUT2D eigenvalue weighted by Crippen LogP contribution is -2.35. The predicted molar refractivity (Wildman–Crippen MR) is 103 cm³/mol. The molecule has 1 amide bonds. The van der Waals surface area contributed by atoms with Gasteiger partial charge in [0.25, 0.3) is 5.56 Å². The number of aromatic nitrogens is 2. The molecule has 140 valence electrons. The minimum atomic E-state index is -1.13. The minimum Gasteiger partial charge on any atom is -0.479 e. The highest BCUT2D eigenvalue weighted by atomic mass is 32.1. The number of carboxylic acid groups (broad SMARTS) is 1. The van der Waals surface area contributed by atoms with Gasteiger partial charge >= 0.3 is 5.97 Å². The molecule has 1 unspecified atom stereocenters. The van der Waals surface area contributed by atoms with Gasteiger partial charge in [-0.3, -0.25) is 14.2 Å². The monoisotopic (exact) mass is 385 g/mol. The molecule has 0 saturated carbocycles. The van der Waals surface area contributed by atoms with Crippen molar-refractivity contribution in [3.8, 4) is 0 Å². The first-order chi connectivity index (χ1) is 12.8. The van der Waals surface area contributed by atoms with Crippen LogP contribution in [-0.4, -0.2) is 26.5 Å². The number of aryl methyl sites for hydroxylation is 3. The number of thiophene rings is 1. The Morgan fingerprint density at radius 2 is 1.96 bits per heavy atom. The Balaban J connectivity index is 1.71. The summed E-state index contributed by atoms with van der Waals surface area (Å²) >= 11 is 1.38. The van der Waals surface area contributed by atoms with Crippen molar-refractivity contribution in [1.29, 1.82) is 0 Å². The Hall–Kier alpha value is -3.00. The van der Waals surface area contributed by atoms with E-state index in [1.165, 1.54) is 22.2 Å². The first-order valence-corrected chi connectivity index (χ1v) is 9.26. The molecular weight excluding hydrogens is 366 g/mol. The van der Waals surface area contributed by atoms with Crippen LogP contribution in [0.4, 0.5) is 0 Å². The second kappa shape index (κ2) is 7.71. The second-order valence-corrected chi connectivity index (χ2v) is 7.29. The van der Waals surface area contributed by atoms with Crippen molar-refractivity contribution >= 4 is 33.4 Å². The fraction of sp³-hybridized carbons (Fsp3) is 0.263. The largest absolute Gasteiger partial charge is 0.479 e. The first-order valence-electron chi connectivity index (χ1n) is 8.38. The molecule has 3 aromatic rings. The SMILES string of the molecule is Cc1cc(C)cc(C(NC(=O)CCn2cnc3sccc3c2=O)C(=O)O)c1. The van der Waals surface area contributed by atoms with E-state index in [-0.39, 0.29) is 18.5 Å². The summed E-state index contributed by atoms with van der Waals surface area (Å²) in [6, 6.07) is 5.98. The molecule has 2 aromatic heterocycles. The number of hydrogen-bond donors (Lipinski definition) is 2. The quantitative estimate of drug-likeness (QED) is 0.678. The van der Waals surface area contributed by atoms with Crippen LogP contribution < -0.4 is 10.9 Å². The first kappa shape index (κ1) is 18.8. The number of rotatable bonds is 6. The van der Waals surface area contributed by atoms with E-state index in [1.807, 2.05) is 19.9 Å². The van der Waals surface area contributed by atoms with Gasteiger partial charge in [0, 0.05) is 13.0 Å². The van der Waals surface area contributed by atoms with E-state index >= 15 is 0 Å². The van der Waals surface area contributed by atoms with E-state index in [0.29, 0.717) is 15.8 Å². The molecule has 0 spiro atoms. The number of carbonyl (C=O) groups is 2. The second-order valence-electron chi connectivity index (χ2n) is 6.39. The molecule has 7 nitrogen and oxygen atoms in total. The predicted octanol–water partition coefficient (Wildman–Crippen LogP) is 2.41. The lowest BCUT2D eigenvalue weighted by molar-refractivity contribution is -0.142. The molecular formula is C19H19N3O4S. The van der Waals surface area contributed by atoms with E-state index < -0.39 is 17.9 Å². The van der Waals surface area contributed by atoms with E-state index in [4.69, 9.17) is 0 Å². The molecule has 0 aliphatic carbocycles. The number of amides is 1. The van der Waals surface area contributed by atoms with E-state index in [2.05, 4.69) is 10.3 Å². The normalized spacial score (nSPS) is 12.1. The van der Waals surface area contributed by atoms with E-state index in [9.17, 15) is 19.5 Å². The average Bonchev–Trinajstić information content (AvgIpc) is 3.07. The summed E-state index contributed by atoms with van der Waals surface area (Å²) in [6.45, 7) is 3.87. The highest BCUT2D eigenvalue weighted by molar-refractivity contribution is 7.16. The van der Waals surface area contributed by atoms with Gasteiger partial charge in [-0.25, -0.2) is 9.78 Å². The van der Waals surface area contributed by atoms with E-state index in [1.54, 1.807) is 23.6 Å². The topological polar surface area (TPSA) is 101 Å². The number of nitrogens with one attached hydrogen (secondary N) is 1. The maximum Gasteiger partial charge on any atom is 0.330 e. The Kier molecular flexibility index (Phi) is 5.36. The van der Waals surface area contributed by atoms with Crippen LogP contribution in [0.2, 0.25) is 0 Å². The van der Waals surface area contributed by atoms with Crippen molar-refractivity contribution in [3.63, 3.8) is 0 Å². The third-order valence-corrected chi connectivity index (χ3v) is 4.98. The van der Waals surface area contributed by atoms with Crippen LogP contribution >= 0.6 is 11.3 Å². The van der Waals surface area contributed by atoms with Gasteiger partial charge < -0.3 is 10.4 Å². The highest BCUT2D eigenvalue weighted by Crippen LogP contribution is 2.18. The fourth-order valence-electron chi connectivity index (χ4n) is 2.97. The van der Waals surface area contributed by atoms with Crippen molar-refractivity contribution in [1.82, 2.24) is 14.9 Å². The van der Waals surface area contributed by atoms with Crippen LogP contribution in [0.15, 0.2) is 40.8 Å². The minimum absolute atomic E-state index is 0.0220. The van der Waals surface area contributed by atoms with Gasteiger partial charge in [-0.1, -0.05) is 29.3 Å². The van der Waals surface area contributed by atoms with Crippen LogP contribution in [0, 0.1) is 13.8 Å². The molecule has 0 bridgehead atoms. The smallest absolute Gasteiger partial charge is 0.330 e. The zero-order chi connectivity index (χ0) is 19.6. The molecule has 0 saturated heterocycles. The number of carboxylic acids is 1. The summed E-state index contributed by atoms with van der Waals surface area (Å²) in [4.78, 5) is 41.1. The summed E-state index contributed by atoms with van der Waals surface area (Å²) < 4.78 is 1.36. The lowest BCUT2D eigenvalue weighted by atomic mass is 10.0. The van der Waals surface area contributed by atoms with Gasteiger partial charge in [-0.05, 0) is 30.9 Å². The molecule has 8 heteroatoms. The van der Waals surface area contributed by atoms with Crippen molar-refractivity contribution in [3.05, 3.63) is 63.0 Å². The molecule has 1 atom stereocenters. The third kappa shape index (κ3) is 4.22. The van der Waals surface area contributed by atoms with Gasteiger partial charge in [0.1, 0.15) is 4.83 Å². The summed E-state index contributed by atoms with van der Waals surface area (Å²) in [5, 5.41) is 14.3. The third-order valence-electron chi connectivity index (χ3n) is 4.16. The van der Waals surface area contributed by atoms with Gasteiger partial charge in [-0.2, -0.15) is 0 Å². The molecule has 0 aliphatic rings. The zero-order valence-electron chi connectivity index (χ0n) is 14.9. The standard InChI is InChI=1S/C19H19N3O4S/c1-11-7-12(2)9-13(8-11)16(19(25)26)21-15(23)3-5-22-10-20-17-14(18(22)24)4-6-27-17/h4,6-10,16H,3,5H2,1-2H3,(H,21,23)(H,25,26). The molecule has 3 rings (SSSR count). The number of carbonyl (C=O) groups excluding carboxylic acids is 1. The van der Waals surface area contributed by atoms with Crippen LogP contribution in [0.25, 0.3) is 10.2 Å². The molecule has 1 aromatic carbocycles. The van der Waals surface area contributed by atoms with Crippen molar-refractivity contribution < 1.29 is 14.7 Å². The molecule has 2 N–H and O–H groups in total. The number of nitrogens with zero attached hydrogens (tertiary/aromatic N) is 2. The van der Waals surface area contributed by atoms with Crippen LogP contribution in [0.1, 0.15) is 29.2 Å². The molecule has 0 aliphatic heterocycles. The van der Waals surface area contributed by atoms with Crippen molar-refractivity contribution in [2.75, 3.05) is 0 Å². The summed E-state index contributed by atoms with van der Waals surface area (Å²) in [5.41, 5.74) is 2.16. The highest BCUT2D eigenvalue weighted by Gasteiger charge is 2.22. The number of benzene rings is 1. The Labute approximate surface area is 159 Å². The van der Waals surface area contributed by atoms with Crippen molar-refractivity contribution in [2.45, 2.75) is 32.9 Å². The number of fused-ring (bicyclic) bond motifs is 1. The Morgan fingerprint density at radius 1 is 1.26 bits per heavy atom. The lowest BCUT2D eigenvalue weighted by Gasteiger charge is -2.16. The Bertz CT molecular complexity index is 1050. The van der Waals surface area contributed by atoms with Crippen LogP contribution in [-0.2, 0) is 16.1 Å². The molecule has 27 heavy (non-hydrogen) atoms. The summed E-state index contributed by atoms with van der Waals surface area (Å²) in [6.07, 6.45) is 1.39. The number of aliphatic carboxylic acids is 1. The maximum absolute atomic E-state index is 12.3. The fourth-order valence-corrected chi connectivity index (χ4v) is 3.70. The molecule has 0 radical (unpaired) electrons. The van der Waals surface area contributed by atoms with Crippen LogP contribution in [0.3, 0.4) is 0 Å². The molecule has 0 fully saturated rings.